The number of ether oxygens (including phenoxy) is 1. The smallest absolute Gasteiger partial charge is 0.0683 e. The molecule has 0 aromatic heterocycles. The minimum atomic E-state index is 0.259. The second-order valence-corrected chi connectivity index (χ2v) is 4.09. The Balaban J connectivity index is 2.16. The van der Waals surface area contributed by atoms with Gasteiger partial charge < -0.3 is 10.5 Å². The van der Waals surface area contributed by atoms with Crippen molar-refractivity contribution in [1.29, 1.82) is 0 Å². The van der Waals surface area contributed by atoms with Gasteiger partial charge in [-0.05, 0) is 32.7 Å². The molecule has 1 rings (SSSR count). The van der Waals surface area contributed by atoms with Crippen LogP contribution in [0.2, 0.25) is 0 Å². The molecule has 1 atom stereocenters. The monoisotopic (exact) mass is 210 g/mol. The van der Waals surface area contributed by atoms with Crippen LogP contribution in [0.15, 0.2) is 0 Å². The van der Waals surface area contributed by atoms with E-state index in [0.29, 0.717) is 12.6 Å². The zero-order valence-electron chi connectivity index (χ0n) is 9.61. The molecule has 3 heteroatoms. The first-order chi connectivity index (χ1) is 7.27. The van der Waals surface area contributed by atoms with E-state index < -0.39 is 0 Å². The summed E-state index contributed by atoms with van der Waals surface area (Å²) in [6, 6.07) is 0.259. The first kappa shape index (κ1) is 12.5. The van der Waals surface area contributed by atoms with Crippen molar-refractivity contribution in [3.05, 3.63) is 0 Å². The van der Waals surface area contributed by atoms with Gasteiger partial charge in [0.25, 0.3) is 0 Å². The lowest BCUT2D eigenvalue weighted by atomic mass is 10.1. The molecule has 0 spiro atoms. The summed E-state index contributed by atoms with van der Waals surface area (Å²) < 4.78 is 5.73. The average molecular weight is 210 g/mol. The van der Waals surface area contributed by atoms with Gasteiger partial charge in [-0.2, -0.15) is 0 Å². The summed E-state index contributed by atoms with van der Waals surface area (Å²) in [7, 11) is 0. The molecule has 0 saturated carbocycles. The van der Waals surface area contributed by atoms with E-state index in [4.69, 9.17) is 16.9 Å². The van der Waals surface area contributed by atoms with Gasteiger partial charge in [0.2, 0.25) is 0 Å². The van der Waals surface area contributed by atoms with Crippen LogP contribution < -0.4 is 5.73 Å². The lowest BCUT2D eigenvalue weighted by molar-refractivity contribution is 0.00401. The second-order valence-electron chi connectivity index (χ2n) is 4.09. The van der Waals surface area contributed by atoms with Gasteiger partial charge in [-0.15, -0.1) is 6.42 Å². The summed E-state index contributed by atoms with van der Waals surface area (Å²) >= 11 is 0. The van der Waals surface area contributed by atoms with Gasteiger partial charge in [-0.25, -0.2) is 0 Å². The third-order valence-electron chi connectivity index (χ3n) is 2.97. The maximum atomic E-state index is 5.73. The predicted molar refractivity (Wildman–Crippen MR) is 62.5 cm³/mol. The number of terminal acetylenes is 1. The Morgan fingerprint density at radius 3 is 2.73 bits per heavy atom. The first-order valence-corrected chi connectivity index (χ1v) is 5.79. The summed E-state index contributed by atoms with van der Waals surface area (Å²) in [5.41, 5.74) is 5.41. The van der Waals surface area contributed by atoms with Crippen LogP contribution in [0.3, 0.4) is 0 Å². The van der Waals surface area contributed by atoms with Crippen LogP contribution in [0, 0.1) is 12.3 Å². The van der Waals surface area contributed by atoms with Gasteiger partial charge >= 0.3 is 0 Å². The fourth-order valence-corrected chi connectivity index (χ4v) is 1.87. The molecule has 0 bridgehead atoms. The van der Waals surface area contributed by atoms with Gasteiger partial charge in [-0.1, -0.05) is 5.92 Å². The molecule has 1 saturated heterocycles. The Labute approximate surface area is 93.0 Å². The molecule has 15 heavy (non-hydrogen) atoms. The zero-order valence-corrected chi connectivity index (χ0v) is 9.61. The minimum Gasteiger partial charge on any atom is -0.378 e. The van der Waals surface area contributed by atoms with E-state index in [-0.39, 0.29) is 6.04 Å². The first-order valence-electron chi connectivity index (χ1n) is 5.79. The van der Waals surface area contributed by atoms with E-state index in [2.05, 4.69) is 17.7 Å². The van der Waals surface area contributed by atoms with Crippen molar-refractivity contribution in [3.63, 3.8) is 0 Å². The molecule has 0 aromatic carbocycles. The van der Waals surface area contributed by atoms with E-state index >= 15 is 0 Å². The van der Waals surface area contributed by atoms with Crippen molar-refractivity contribution in [2.75, 3.05) is 26.2 Å². The lowest BCUT2D eigenvalue weighted by Crippen LogP contribution is -2.41. The highest BCUT2D eigenvalue weighted by atomic mass is 16.5. The van der Waals surface area contributed by atoms with E-state index in [9.17, 15) is 0 Å². The van der Waals surface area contributed by atoms with Gasteiger partial charge in [0.1, 0.15) is 0 Å². The molecule has 0 aromatic rings. The van der Waals surface area contributed by atoms with Crippen LogP contribution in [0.5, 0.6) is 0 Å². The third kappa shape index (κ3) is 4.21. The summed E-state index contributed by atoms with van der Waals surface area (Å²) in [4.78, 5) is 2.34. The van der Waals surface area contributed by atoms with Crippen molar-refractivity contribution < 1.29 is 4.74 Å². The molecule has 0 radical (unpaired) electrons. The fourth-order valence-electron chi connectivity index (χ4n) is 1.87. The van der Waals surface area contributed by atoms with Gasteiger partial charge in [0, 0.05) is 19.7 Å². The van der Waals surface area contributed by atoms with E-state index in [1.807, 2.05) is 0 Å². The average Bonchev–Trinajstić information content (AvgIpc) is 2.29. The molecule has 2 N–H and O–H groups in total. The van der Waals surface area contributed by atoms with Crippen molar-refractivity contribution in [2.45, 2.75) is 38.3 Å². The topological polar surface area (TPSA) is 38.5 Å². The highest BCUT2D eigenvalue weighted by Gasteiger charge is 2.21. The Hall–Kier alpha value is -0.560. The number of nitrogens with zero attached hydrogens (tertiary/aromatic N) is 1. The van der Waals surface area contributed by atoms with Crippen LogP contribution in [0.1, 0.15) is 26.2 Å². The Morgan fingerprint density at radius 2 is 2.20 bits per heavy atom. The van der Waals surface area contributed by atoms with E-state index in [0.717, 1.165) is 39.0 Å². The summed E-state index contributed by atoms with van der Waals surface area (Å²) in [6.45, 7) is 5.70. The second kappa shape index (κ2) is 6.84. The van der Waals surface area contributed by atoms with Crippen molar-refractivity contribution in [3.8, 4) is 12.3 Å². The van der Waals surface area contributed by atoms with Crippen LogP contribution in [0.4, 0.5) is 0 Å². The SMILES string of the molecule is C#CC(C)N1CCC(OCCCN)CC1. The largest absolute Gasteiger partial charge is 0.378 e. The Kier molecular flexibility index (Phi) is 5.70. The molecule has 3 nitrogen and oxygen atoms in total. The highest BCUT2D eigenvalue weighted by Crippen LogP contribution is 2.15. The Bertz CT molecular complexity index is 204. The molecular weight excluding hydrogens is 188 g/mol. The normalized spacial score (nSPS) is 21.1. The number of hydrogen-bond donors (Lipinski definition) is 1. The quantitative estimate of drug-likeness (QED) is 0.540. The number of likely N-dealkylation sites (tertiary alicyclic amines) is 1. The Morgan fingerprint density at radius 1 is 1.53 bits per heavy atom. The lowest BCUT2D eigenvalue weighted by Gasteiger charge is -2.33. The summed E-state index contributed by atoms with van der Waals surface area (Å²) in [5, 5.41) is 0. The maximum absolute atomic E-state index is 5.73. The van der Waals surface area contributed by atoms with Crippen LogP contribution in [-0.4, -0.2) is 43.3 Å². The molecule has 0 aliphatic carbocycles. The van der Waals surface area contributed by atoms with Crippen molar-refractivity contribution >= 4 is 0 Å². The van der Waals surface area contributed by atoms with E-state index in [1.54, 1.807) is 0 Å². The number of piperidine rings is 1. The molecule has 86 valence electrons. The molecule has 1 aliphatic rings. The molecule has 1 aliphatic heterocycles. The molecular formula is C12H22N2O. The van der Waals surface area contributed by atoms with Gasteiger partial charge in [-0.3, -0.25) is 4.90 Å². The summed E-state index contributed by atoms with van der Waals surface area (Å²) in [6.07, 6.45) is 8.96. The minimum absolute atomic E-state index is 0.259. The van der Waals surface area contributed by atoms with Crippen LogP contribution >= 0.6 is 0 Å². The molecule has 0 amide bonds. The third-order valence-corrected chi connectivity index (χ3v) is 2.97. The molecule has 1 unspecified atom stereocenters. The summed E-state index contributed by atoms with van der Waals surface area (Å²) in [5.74, 6) is 2.77. The maximum Gasteiger partial charge on any atom is 0.0683 e. The number of nitrogens with two attached hydrogens (primary N) is 1. The number of rotatable bonds is 5. The zero-order chi connectivity index (χ0) is 11.1. The van der Waals surface area contributed by atoms with Crippen molar-refractivity contribution in [2.24, 2.45) is 5.73 Å². The molecule has 1 fully saturated rings. The van der Waals surface area contributed by atoms with Crippen molar-refractivity contribution in [1.82, 2.24) is 4.90 Å². The standard InChI is InChI=1S/C12H22N2O/c1-3-11(2)14-8-5-12(6-9-14)15-10-4-7-13/h1,11-12H,4-10,13H2,2H3. The molecule has 1 heterocycles. The highest BCUT2D eigenvalue weighted by molar-refractivity contribution is 4.98. The van der Waals surface area contributed by atoms with E-state index in [1.165, 1.54) is 0 Å². The van der Waals surface area contributed by atoms with Crippen LogP contribution in [0.25, 0.3) is 0 Å². The predicted octanol–water partition coefficient (Wildman–Crippen LogP) is 0.838. The fraction of sp³-hybridized carbons (Fsp3) is 0.833. The van der Waals surface area contributed by atoms with Gasteiger partial charge in [0.05, 0.1) is 12.1 Å². The van der Waals surface area contributed by atoms with Crippen LogP contribution in [-0.2, 0) is 4.74 Å². The van der Waals surface area contributed by atoms with Gasteiger partial charge in [0.15, 0.2) is 0 Å². The number of hydrogen-bond acceptors (Lipinski definition) is 3.